The first-order valence-corrected chi connectivity index (χ1v) is 6.72. The van der Waals surface area contributed by atoms with Crippen LogP contribution in [0.2, 0.25) is 0 Å². The Morgan fingerprint density at radius 1 is 1.33 bits per heavy atom. The molecule has 0 bridgehead atoms. The van der Waals surface area contributed by atoms with Gasteiger partial charge < -0.3 is 15.4 Å². The number of methoxy groups -OCH3 is 1. The van der Waals surface area contributed by atoms with Gasteiger partial charge in [0.25, 0.3) is 5.91 Å². The van der Waals surface area contributed by atoms with Gasteiger partial charge >= 0.3 is 0 Å². The van der Waals surface area contributed by atoms with E-state index in [2.05, 4.69) is 26.0 Å². The Kier molecular flexibility index (Phi) is 4.28. The Morgan fingerprint density at radius 2 is 2.00 bits per heavy atom. The van der Waals surface area contributed by atoms with Crippen LogP contribution in [0.4, 0.5) is 5.69 Å². The van der Waals surface area contributed by atoms with Crippen LogP contribution in [0, 0.1) is 0 Å². The molecule has 1 aromatic carbocycles. The van der Waals surface area contributed by atoms with Gasteiger partial charge in [-0.15, -0.1) is 0 Å². The molecule has 0 saturated carbocycles. The number of rotatable bonds is 2. The smallest absolute Gasteiger partial charge is 0.254 e. The van der Waals surface area contributed by atoms with Crippen molar-refractivity contribution in [3.8, 4) is 5.75 Å². The number of carbonyl (C=O) groups excluding carboxylic acids is 1. The highest BCUT2D eigenvalue weighted by atomic mass is 127. The summed E-state index contributed by atoms with van der Waals surface area (Å²) in [4.78, 5) is 14.1. The number of hydrogen-bond acceptors (Lipinski definition) is 4. The number of hydrogen-bond donors (Lipinski definition) is 1. The number of piperazine rings is 1. The van der Waals surface area contributed by atoms with Crippen LogP contribution in [0.5, 0.6) is 5.75 Å². The van der Waals surface area contributed by atoms with Crippen molar-refractivity contribution in [3.63, 3.8) is 0 Å². The van der Waals surface area contributed by atoms with Crippen molar-refractivity contribution in [2.45, 2.75) is 0 Å². The Bertz CT molecular complexity index is 445. The third-order valence-corrected chi connectivity index (χ3v) is 3.95. The van der Waals surface area contributed by atoms with Crippen molar-refractivity contribution >= 4 is 34.5 Å². The lowest BCUT2D eigenvalue weighted by Gasteiger charge is -2.31. The van der Waals surface area contributed by atoms with Crippen LogP contribution < -0.4 is 10.5 Å². The maximum absolute atomic E-state index is 12.3. The van der Waals surface area contributed by atoms with E-state index in [1.807, 2.05) is 4.90 Å². The summed E-state index contributed by atoms with van der Waals surface area (Å²) in [6.07, 6.45) is 0. The van der Waals surface area contributed by atoms with Crippen LogP contribution in [-0.4, -0.2) is 47.2 Å². The number of halogens is 1. The molecule has 1 amide bonds. The zero-order valence-electron chi connectivity index (χ0n) is 10.2. The fourth-order valence-corrected chi connectivity index (χ4v) is 2.37. The summed E-state index contributed by atoms with van der Waals surface area (Å²) in [6, 6.07) is 5.17. The molecule has 5 nitrogen and oxygen atoms in total. The molecule has 1 aliphatic heterocycles. The molecule has 1 heterocycles. The molecule has 0 spiro atoms. The Labute approximate surface area is 120 Å². The normalized spacial score (nSPS) is 16.7. The van der Waals surface area contributed by atoms with E-state index in [0.717, 1.165) is 26.2 Å². The zero-order valence-corrected chi connectivity index (χ0v) is 12.4. The van der Waals surface area contributed by atoms with E-state index in [0.29, 0.717) is 17.0 Å². The molecule has 2 N–H and O–H groups in total. The minimum absolute atomic E-state index is 0.0360. The van der Waals surface area contributed by atoms with Gasteiger partial charge in [0.2, 0.25) is 0 Å². The first kappa shape index (κ1) is 13.4. The minimum Gasteiger partial charge on any atom is -0.495 e. The van der Waals surface area contributed by atoms with Crippen LogP contribution >= 0.6 is 22.9 Å². The Hall–Kier alpha value is -1.02. The number of benzene rings is 1. The van der Waals surface area contributed by atoms with Gasteiger partial charge in [-0.2, -0.15) is 0 Å². The highest BCUT2D eigenvalue weighted by Gasteiger charge is 2.21. The maximum atomic E-state index is 12.3. The van der Waals surface area contributed by atoms with Gasteiger partial charge in [0.15, 0.2) is 0 Å². The van der Waals surface area contributed by atoms with E-state index in [4.69, 9.17) is 10.5 Å². The summed E-state index contributed by atoms with van der Waals surface area (Å²) in [5.41, 5.74) is 6.93. The molecular weight excluding hydrogens is 345 g/mol. The van der Waals surface area contributed by atoms with Gasteiger partial charge in [-0.05, 0) is 18.2 Å². The lowest BCUT2D eigenvalue weighted by Crippen LogP contribution is -2.45. The second-order valence-corrected chi connectivity index (χ2v) is 5.52. The monoisotopic (exact) mass is 361 g/mol. The molecule has 2 rings (SSSR count). The zero-order chi connectivity index (χ0) is 13.1. The van der Waals surface area contributed by atoms with Crippen molar-refractivity contribution in [1.29, 1.82) is 0 Å². The average molecular weight is 361 g/mol. The molecule has 0 atom stereocenters. The lowest BCUT2D eigenvalue weighted by molar-refractivity contribution is 0.0711. The molecule has 0 unspecified atom stereocenters. The summed E-state index contributed by atoms with van der Waals surface area (Å²) >= 11 is 2.28. The van der Waals surface area contributed by atoms with Gasteiger partial charge in [-0.1, -0.05) is 0 Å². The van der Waals surface area contributed by atoms with E-state index in [1.54, 1.807) is 25.3 Å². The van der Waals surface area contributed by atoms with Crippen LogP contribution in [0.1, 0.15) is 10.4 Å². The number of nitrogens with two attached hydrogens (primary N) is 1. The molecule has 1 aromatic rings. The van der Waals surface area contributed by atoms with Crippen molar-refractivity contribution in [2.75, 3.05) is 39.0 Å². The van der Waals surface area contributed by atoms with E-state index in [-0.39, 0.29) is 5.91 Å². The van der Waals surface area contributed by atoms with Crippen LogP contribution in [0.3, 0.4) is 0 Å². The molecule has 0 radical (unpaired) electrons. The standard InChI is InChI=1S/C12H16IN3O2/c1-18-11-3-2-9(8-10(11)14)12(17)15-4-6-16(13)7-5-15/h2-3,8H,4-7,14H2,1H3. The summed E-state index contributed by atoms with van der Waals surface area (Å²) in [5.74, 6) is 0.637. The van der Waals surface area contributed by atoms with Gasteiger partial charge in [0.05, 0.1) is 12.8 Å². The van der Waals surface area contributed by atoms with Crippen molar-refractivity contribution in [3.05, 3.63) is 23.8 Å². The summed E-state index contributed by atoms with van der Waals surface area (Å²) < 4.78 is 7.27. The molecule has 0 aromatic heterocycles. The molecular formula is C12H16IN3O2. The summed E-state index contributed by atoms with van der Waals surface area (Å²) in [7, 11) is 1.56. The van der Waals surface area contributed by atoms with Crippen LogP contribution in [-0.2, 0) is 0 Å². The van der Waals surface area contributed by atoms with E-state index < -0.39 is 0 Å². The van der Waals surface area contributed by atoms with Gasteiger partial charge in [-0.3, -0.25) is 4.79 Å². The number of ether oxygens (including phenoxy) is 1. The molecule has 0 aliphatic carbocycles. The number of amides is 1. The lowest BCUT2D eigenvalue weighted by atomic mass is 10.1. The van der Waals surface area contributed by atoms with Gasteiger partial charge in [0.1, 0.15) is 5.75 Å². The highest BCUT2D eigenvalue weighted by molar-refractivity contribution is 14.1. The summed E-state index contributed by atoms with van der Waals surface area (Å²) in [5, 5.41) is 0. The first-order chi connectivity index (χ1) is 8.61. The topological polar surface area (TPSA) is 58.8 Å². The molecule has 1 aliphatic rings. The molecule has 1 fully saturated rings. The molecule has 1 saturated heterocycles. The third-order valence-electron chi connectivity index (χ3n) is 2.99. The van der Waals surface area contributed by atoms with Crippen molar-refractivity contribution < 1.29 is 9.53 Å². The van der Waals surface area contributed by atoms with Crippen LogP contribution in [0.15, 0.2) is 18.2 Å². The largest absolute Gasteiger partial charge is 0.495 e. The van der Waals surface area contributed by atoms with Crippen molar-refractivity contribution in [2.24, 2.45) is 0 Å². The van der Waals surface area contributed by atoms with Gasteiger partial charge in [0, 0.05) is 54.6 Å². The fraction of sp³-hybridized carbons (Fsp3) is 0.417. The SMILES string of the molecule is COc1ccc(C(=O)N2CCN(I)CC2)cc1N. The fourth-order valence-electron chi connectivity index (χ4n) is 1.94. The molecule has 98 valence electrons. The molecule has 18 heavy (non-hydrogen) atoms. The molecule has 6 heteroatoms. The second kappa shape index (κ2) is 5.75. The summed E-state index contributed by atoms with van der Waals surface area (Å²) in [6.45, 7) is 3.32. The number of nitrogen functional groups attached to an aromatic ring is 1. The predicted octanol–water partition coefficient (Wildman–Crippen LogP) is 1.39. The Balaban J connectivity index is 2.11. The number of nitrogens with zero attached hydrogens (tertiary/aromatic N) is 2. The van der Waals surface area contributed by atoms with Crippen LogP contribution in [0.25, 0.3) is 0 Å². The minimum atomic E-state index is 0.0360. The first-order valence-electron chi connectivity index (χ1n) is 5.75. The van der Waals surface area contributed by atoms with Gasteiger partial charge in [-0.25, -0.2) is 3.11 Å². The van der Waals surface area contributed by atoms with E-state index >= 15 is 0 Å². The average Bonchev–Trinajstić information content (AvgIpc) is 2.38. The maximum Gasteiger partial charge on any atom is 0.254 e. The quantitative estimate of drug-likeness (QED) is 0.491. The van der Waals surface area contributed by atoms with Crippen molar-refractivity contribution in [1.82, 2.24) is 8.01 Å². The second-order valence-electron chi connectivity index (χ2n) is 4.16. The highest BCUT2D eigenvalue weighted by Crippen LogP contribution is 2.23. The predicted molar refractivity (Wildman–Crippen MR) is 78.9 cm³/mol. The number of anilines is 1. The number of carbonyl (C=O) groups is 1. The van der Waals surface area contributed by atoms with E-state index in [9.17, 15) is 4.79 Å². The van der Waals surface area contributed by atoms with E-state index in [1.165, 1.54) is 0 Å². The Morgan fingerprint density at radius 3 is 2.56 bits per heavy atom. The third kappa shape index (κ3) is 2.86.